The number of H-pyrrole nitrogens is 1. The van der Waals surface area contributed by atoms with Gasteiger partial charge in [0, 0.05) is 25.2 Å². The standard InChI is InChI=1S/C17H15BrF2N8O/c18-9-7-22-28-15(9)25-17(27-1-3-29-4-2-27)26-16(28)21-8-14-23-12-5-10(19)11(20)6-13(12)24-14/h5-7H,1-4,8H2,(H,23,24)(H,21,25,26). The molecule has 1 aliphatic heterocycles. The Morgan fingerprint density at radius 1 is 1.14 bits per heavy atom. The molecule has 3 aromatic heterocycles. The van der Waals surface area contributed by atoms with Crippen molar-refractivity contribution >= 4 is 44.5 Å². The maximum Gasteiger partial charge on any atom is 0.230 e. The molecule has 1 aromatic carbocycles. The average Bonchev–Trinajstić information content (AvgIpc) is 3.30. The first-order valence-electron chi connectivity index (χ1n) is 8.90. The normalized spacial score (nSPS) is 14.8. The summed E-state index contributed by atoms with van der Waals surface area (Å²) in [5.41, 5.74) is 1.39. The van der Waals surface area contributed by atoms with Crippen LogP contribution in [-0.2, 0) is 11.3 Å². The van der Waals surface area contributed by atoms with Gasteiger partial charge in [-0.05, 0) is 15.9 Å². The van der Waals surface area contributed by atoms with Crippen molar-refractivity contribution in [2.75, 3.05) is 36.5 Å². The highest BCUT2D eigenvalue weighted by atomic mass is 79.9. The maximum atomic E-state index is 13.4. The fraction of sp³-hybridized carbons (Fsp3) is 0.294. The van der Waals surface area contributed by atoms with E-state index in [4.69, 9.17) is 4.74 Å². The zero-order valence-corrected chi connectivity index (χ0v) is 16.6. The molecule has 0 radical (unpaired) electrons. The Bertz CT molecular complexity index is 1160. The molecule has 0 amide bonds. The Labute approximate surface area is 171 Å². The number of benzene rings is 1. The fourth-order valence-corrected chi connectivity index (χ4v) is 3.51. The monoisotopic (exact) mass is 464 g/mol. The van der Waals surface area contributed by atoms with Crippen LogP contribution in [0.15, 0.2) is 22.8 Å². The molecule has 29 heavy (non-hydrogen) atoms. The highest BCUT2D eigenvalue weighted by Crippen LogP contribution is 2.23. The Hall–Kier alpha value is -2.86. The molecule has 0 unspecified atom stereocenters. The molecule has 0 saturated carbocycles. The number of hydrogen-bond acceptors (Lipinski definition) is 7. The van der Waals surface area contributed by atoms with Crippen molar-refractivity contribution in [3.05, 3.63) is 40.3 Å². The number of aromatic amines is 1. The Kier molecular flexibility index (Phi) is 4.51. The van der Waals surface area contributed by atoms with Crippen molar-refractivity contribution in [1.82, 2.24) is 29.5 Å². The van der Waals surface area contributed by atoms with E-state index < -0.39 is 11.6 Å². The van der Waals surface area contributed by atoms with Gasteiger partial charge >= 0.3 is 0 Å². The van der Waals surface area contributed by atoms with Gasteiger partial charge in [-0.2, -0.15) is 19.6 Å². The van der Waals surface area contributed by atoms with E-state index >= 15 is 0 Å². The van der Waals surface area contributed by atoms with E-state index in [1.807, 2.05) is 4.90 Å². The number of morpholine rings is 1. The van der Waals surface area contributed by atoms with Gasteiger partial charge < -0.3 is 19.9 Å². The number of rotatable bonds is 4. The van der Waals surface area contributed by atoms with Crippen LogP contribution in [-0.4, -0.2) is 55.9 Å². The van der Waals surface area contributed by atoms with E-state index in [1.165, 1.54) is 0 Å². The molecule has 1 saturated heterocycles. The fourth-order valence-electron chi connectivity index (χ4n) is 3.16. The zero-order chi connectivity index (χ0) is 20.0. The van der Waals surface area contributed by atoms with Crippen LogP contribution in [0, 0.1) is 11.6 Å². The summed E-state index contributed by atoms with van der Waals surface area (Å²) in [5.74, 6) is -0.304. The minimum absolute atomic E-state index is 0.254. The summed E-state index contributed by atoms with van der Waals surface area (Å²) in [6.45, 7) is 2.88. The number of ether oxygens (including phenoxy) is 1. The Balaban J connectivity index is 1.46. The third-order valence-electron chi connectivity index (χ3n) is 4.59. The highest BCUT2D eigenvalue weighted by Gasteiger charge is 2.19. The lowest BCUT2D eigenvalue weighted by molar-refractivity contribution is 0.122. The third-order valence-corrected chi connectivity index (χ3v) is 5.15. The summed E-state index contributed by atoms with van der Waals surface area (Å²) in [6.07, 6.45) is 1.64. The molecule has 0 atom stereocenters. The van der Waals surface area contributed by atoms with Crippen molar-refractivity contribution in [3.63, 3.8) is 0 Å². The maximum absolute atomic E-state index is 13.4. The lowest BCUT2D eigenvalue weighted by Crippen LogP contribution is -2.37. The molecule has 1 fully saturated rings. The second-order valence-corrected chi connectivity index (χ2v) is 7.35. The minimum atomic E-state index is -0.933. The largest absolute Gasteiger partial charge is 0.378 e. The van der Waals surface area contributed by atoms with Gasteiger partial charge in [-0.15, -0.1) is 0 Å². The number of anilines is 2. The van der Waals surface area contributed by atoms with Gasteiger partial charge in [-0.1, -0.05) is 0 Å². The van der Waals surface area contributed by atoms with Gasteiger partial charge in [0.1, 0.15) is 5.82 Å². The van der Waals surface area contributed by atoms with Crippen LogP contribution in [0.25, 0.3) is 16.7 Å². The number of fused-ring (bicyclic) bond motifs is 2. The second kappa shape index (κ2) is 7.19. The van der Waals surface area contributed by atoms with E-state index in [2.05, 4.69) is 46.3 Å². The number of aromatic nitrogens is 6. The minimum Gasteiger partial charge on any atom is -0.378 e. The van der Waals surface area contributed by atoms with Crippen LogP contribution < -0.4 is 10.2 Å². The number of nitrogens with zero attached hydrogens (tertiary/aromatic N) is 6. The van der Waals surface area contributed by atoms with Gasteiger partial charge in [0.05, 0.1) is 41.5 Å². The number of nitrogens with one attached hydrogen (secondary N) is 2. The molecular formula is C17H15BrF2N8O. The topological polar surface area (TPSA) is 96.3 Å². The molecule has 5 rings (SSSR count). The summed E-state index contributed by atoms with van der Waals surface area (Å²) in [6, 6.07) is 2.15. The second-order valence-electron chi connectivity index (χ2n) is 6.50. The van der Waals surface area contributed by atoms with Crippen molar-refractivity contribution in [2.24, 2.45) is 0 Å². The molecule has 0 bridgehead atoms. The molecule has 0 spiro atoms. The van der Waals surface area contributed by atoms with Gasteiger partial charge in [0.15, 0.2) is 17.3 Å². The van der Waals surface area contributed by atoms with E-state index in [0.717, 1.165) is 16.6 Å². The molecular weight excluding hydrogens is 450 g/mol. The van der Waals surface area contributed by atoms with Crippen LogP contribution >= 0.6 is 15.9 Å². The smallest absolute Gasteiger partial charge is 0.230 e. The first kappa shape index (κ1) is 18.2. The molecule has 12 heteroatoms. The first-order valence-corrected chi connectivity index (χ1v) is 9.69. The summed E-state index contributed by atoms with van der Waals surface area (Å²) < 4.78 is 34.6. The molecule has 4 heterocycles. The average molecular weight is 465 g/mol. The molecule has 150 valence electrons. The van der Waals surface area contributed by atoms with E-state index in [0.29, 0.717) is 60.7 Å². The lowest BCUT2D eigenvalue weighted by atomic mass is 10.3. The van der Waals surface area contributed by atoms with Crippen LogP contribution in [0.4, 0.5) is 20.7 Å². The zero-order valence-electron chi connectivity index (χ0n) is 15.0. The van der Waals surface area contributed by atoms with Crippen LogP contribution in [0.3, 0.4) is 0 Å². The van der Waals surface area contributed by atoms with Crippen molar-refractivity contribution < 1.29 is 13.5 Å². The summed E-state index contributed by atoms with van der Waals surface area (Å²) in [7, 11) is 0. The number of halogens is 3. The van der Waals surface area contributed by atoms with Crippen LogP contribution in [0.1, 0.15) is 5.82 Å². The van der Waals surface area contributed by atoms with E-state index in [1.54, 1.807) is 10.7 Å². The summed E-state index contributed by atoms with van der Waals surface area (Å²) in [5, 5.41) is 7.47. The van der Waals surface area contributed by atoms with Crippen LogP contribution in [0.2, 0.25) is 0 Å². The van der Waals surface area contributed by atoms with Crippen molar-refractivity contribution in [3.8, 4) is 0 Å². The third kappa shape index (κ3) is 3.38. The predicted octanol–water partition coefficient (Wildman–Crippen LogP) is 2.49. The SMILES string of the molecule is Fc1cc2nc(CNc3nc(N4CCOCC4)nc4c(Br)cnn34)[nH]c2cc1F. The van der Waals surface area contributed by atoms with Gasteiger partial charge in [-0.25, -0.2) is 13.8 Å². The summed E-state index contributed by atoms with van der Waals surface area (Å²) in [4.78, 5) is 18.5. The molecule has 1 aliphatic rings. The molecule has 9 nitrogen and oxygen atoms in total. The molecule has 2 N–H and O–H groups in total. The van der Waals surface area contributed by atoms with Gasteiger partial charge in [0.2, 0.25) is 11.9 Å². The lowest BCUT2D eigenvalue weighted by Gasteiger charge is -2.27. The quantitative estimate of drug-likeness (QED) is 0.478. The van der Waals surface area contributed by atoms with Gasteiger partial charge in [0.25, 0.3) is 0 Å². The van der Waals surface area contributed by atoms with Gasteiger partial charge in [-0.3, -0.25) is 0 Å². The Morgan fingerprint density at radius 2 is 1.93 bits per heavy atom. The number of hydrogen-bond donors (Lipinski definition) is 2. The first-order chi connectivity index (χ1) is 14.1. The van der Waals surface area contributed by atoms with Crippen molar-refractivity contribution in [2.45, 2.75) is 6.54 Å². The summed E-state index contributed by atoms with van der Waals surface area (Å²) >= 11 is 3.46. The van der Waals surface area contributed by atoms with E-state index in [9.17, 15) is 8.78 Å². The Morgan fingerprint density at radius 3 is 2.76 bits per heavy atom. The van der Waals surface area contributed by atoms with Crippen molar-refractivity contribution in [1.29, 1.82) is 0 Å². The van der Waals surface area contributed by atoms with E-state index in [-0.39, 0.29) is 6.54 Å². The number of imidazole rings is 1. The molecule has 0 aliphatic carbocycles. The van der Waals surface area contributed by atoms with Crippen LogP contribution in [0.5, 0.6) is 0 Å². The molecule has 4 aromatic rings. The highest BCUT2D eigenvalue weighted by molar-refractivity contribution is 9.10. The predicted molar refractivity (Wildman–Crippen MR) is 105 cm³/mol.